The fourth-order valence-electron chi connectivity index (χ4n) is 4.42. The van der Waals surface area contributed by atoms with E-state index < -0.39 is 11.7 Å². The lowest BCUT2D eigenvalue weighted by Gasteiger charge is -2.32. The SMILES string of the molecule is C=CCNC(=O)c1ccc(OCCCC2CCN(c3ncc(-c4noc(CC(C)C)n4)cn3)CC2)cc1F. The van der Waals surface area contributed by atoms with Gasteiger partial charge >= 0.3 is 0 Å². The molecule has 3 heterocycles. The van der Waals surface area contributed by atoms with Crippen molar-refractivity contribution in [2.45, 2.75) is 46.0 Å². The summed E-state index contributed by atoms with van der Waals surface area (Å²) < 4.78 is 25.3. The summed E-state index contributed by atoms with van der Waals surface area (Å²) in [5, 5.41) is 6.61. The molecule has 0 saturated carbocycles. The number of benzene rings is 1. The average Bonchev–Trinajstić information content (AvgIpc) is 3.38. The van der Waals surface area contributed by atoms with Crippen molar-refractivity contribution in [3.63, 3.8) is 0 Å². The number of rotatable bonds is 12. The van der Waals surface area contributed by atoms with E-state index in [2.05, 4.69) is 50.8 Å². The van der Waals surface area contributed by atoms with E-state index in [1.54, 1.807) is 24.5 Å². The predicted octanol–water partition coefficient (Wildman–Crippen LogP) is 4.86. The van der Waals surface area contributed by atoms with Gasteiger partial charge in [-0.3, -0.25) is 4.79 Å². The van der Waals surface area contributed by atoms with Gasteiger partial charge in [-0.1, -0.05) is 25.1 Å². The Morgan fingerprint density at radius 1 is 1.29 bits per heavy atom. The number of piperidine rings is 1. The van der Waals surface area contributed by atoms with Gasteiger partial charge in [0.2, 0.25) is 17.7 Å². The van der Waals surface area contributed by atoms with E-state index in [9.17, 15) is 9.18 Å². The van der Waals surface area contributed by atoms with Crippen molar-refractivity contribution in [2.24, 2.45) is 11.8 Å². The summed E-state index contributed by atoms with van der Waals surface area (Å²) in [5.74, 6) is 2.26. The lowest BCUT2D eigenvalue weighted by molar-refractivity contribution is 0.0954. The van der Waals surface area contributed by atoms with Gasteiger partial charge in [-0.25, -0.2) is 14.4 Å². The molecule has 1 N–H and O–H groups in total. The number of halogens is 1. The minimum atomic E-state index is -0.597. The fourth-order valence-corrected chi connectivity index (χ4v) is 4.42. The Morgan fingerprint density at radius 3 is 2.74 bits per heavy atom. The topological polar surface area (TPSA) is 106 Å². The number of ether oxygens (including phenoxy) is 1. The molecule has 0 spiro atoms. The third-order valence-electron chi connectivity index (χ3n) is 6.46. The minimum absolute atomic E-state index is 0.00448. The van der Waals surface area contributed by atoms with E-state index in [1.807, 2.05) is 0 Å². The van der Waals surface area contributed by atoms with Gasteiger partial charge in [0.1, 0.15) is 11.6 Å². The molecule has 0 radical (unpaired) electrons. The Morgan fingerprint density at radius 2 is 2.05 bits per heavy atom. The van der Waals surface area contributed by atoms with Crippen LogP contribution in [0.3, 0.4) is 0 Å². The molecule has 0 aliphatic carbocycles. The van der Waals surface area contributed by atoms with Crippen LogP contribution >= 0.6 is 0 Å². The molecular weight excluding hydrogens is 487 g/mol. The Bertz CT molecular complexity index is 1210. The lowest BCUT2D eigenvalue weighted by atomic mass is 9.92. The number of carbonyl (C=O) groups is 1. The highest BCUT2D eigenvalue weighted by atomic mass is 19.1. The highest BCUT2D eigenvalue weighted by Gasteiger charge is 2.21. The summed E-state index contributed by atoms with van der Waals surface area (Å²) in [6, 6.07) is 4.33. The van der Waals surface area contributed by atoms with Gasteiger partial charge in [-0.15, -0.1) is 6.58 Å². The first-order valence-electron chi connectivity index (χ1n) is 13.1. The normalized spacial score (nSPS) is 14.1. The molecule has 1 fully saturated rings. The van der Waals surface area contributed by atoms with Crippen LogP contribution in [0.1, 0.15) is 55.8 Å². The number of nitrogens with one attached hydrogen (secondary N) is 1. The second-order valence-electron chi connectivity index (χ2n) is 9.94. The summed E-state index contributed by atoms with van der Waals surface area (Å²) in [4.78, 5) is 27.6. The zero-order valence-electron chi connectivity index (χ0n) is 22.0. The highest BCUT2D eigenvalue weighted by molar-refractivity contribution is 5.94. The molecule has 0 bridgehead atoms. The number of aromatic nitrogens is 4. The van der Waals surface area contributed by atoms with Crippen LogP contribution in [-0.2, 0) is 6.42 Å². The van der Waals surface area contributed by atoms with Crippen LogP contribution in [0.5, 0.6) is 5.75 Å². The van der Waals surface area contributed by atoms with E-state index in [4.69, 9.17) is 9.26 Å². The molecule has 3 aromatic rings. The molecule has 202 valence electrons. The third-order valence-corrected chi connectivity index (χ3v) is 6.46. The Balaban J connectivity index is 1.17. The van der Waals surface area contributed by atoms with Gasteiger partial charge in [-0.2, -0.15) is 4.98 Å². The van der Waals surface area contributed by atoms with E-state index >= 15 is 0 Å². The second-order valence-corrected chi connectivity index (χ2v) is 9.94. The molecule has 0 unspecified atom stereocenters. The number of anilines is 1. The molecule has 1 aliphatic heterocycles. The van der Waals surface area contributed by atoms with Crippen molar-refractivity contribution in [2.75, 3.05) is 31.1 Å². The third kappa shape index (κ3) is 7.36. The molecule has 1 amide bonds. The van der Waals surface area contributed by atoms with Gasteiger partial charge in [0.15, 0.2) is 0 Å². The van der Waals surface area contributed by atoms with Crippen LogP contribution < -0.4 is 15.0 Å². The number of carbonyl (C=O) groups excluding carboxylic acids is 1. The molecule has 9 nitrogen and oxygen atoms in total. The first-order chi connectivity index (χ1) is 18.4. The number of amides is 1. The minimum Gasteiger partial charge on any atom is -0.493 e. The van der Waals surface area contributed by atoms with Crippen LogP contribution in [0.25, 0.3) is 11.4 Å². The van der Waals surface area contributed by atoms with Crippen LogP contribution in [0.15, 0.2) is 47.8 Å². The zero-order chi connectivity index (χ0) is 26.9. The van der Waals surface area contributed by atoms with Gasteiger partial charge in [0.05, 0.1) is 17.7 Å². The molecular formula is C28H35FN6O3. The first-order valence-corrected chi connectivity index (χ1v) is 13.1. The standard InChI is InChI=1S/C28H35FN6O3/c1-4-11-30-27(36)23-8-7-22(16-24(23)29)37-14-5-6-20-9-12-35(13-10-20)28-31-17-21(18-32-28)26-33-25(38-34-26)15-19(2)3/h4,7-8,16-20H,1,5-6,9-15H2,2-3H3,(H,30,36). The number of hydrogen-bond donors (Lipinski definition) is 1. The number of hydrogen-bond acceptors (Lipinski definition) is 8. The number of nitrogens with zero attached hydrogens (tertiary/aromatic N) is 5. The fraction of sp³-hybridized carbons (Fsp3) is 0.464. The van der Waals surface area contributed by atoms with Crippen LogP contribution in [-0.4, -0.2) is 52.3 Å². The molecule has 1 aromatic carbocycles. The van der Waals surface area contributed by atoms with Crippen molar-refractivity contribution in [1.29, 1.82) is 0 Å². The second kappa shape index (κ2) is 13.1. The molecule has 0 atom stereocenters. The molecule has 1 saturated heterocycles. The summed E-state index contributed by atoms with van der Waals surface area (Å²) in [6.45, 7) is 10.3. The maximum Gasteiger partial charge on any atom is 0.254 e. The van der Waals surface area contributed by atoms with E-state index in [0.29, 0.717) is 41.9 Å². The van der Waals surface area contributed by atoms with Crippen molar-refractivity contribution >= 4 is 11.9 Å². The van der Waals surface area contributed by atoms with Crippen LogP contribution in [0.4, 0.5) is 10.3 Å². The van der Waals surface area contributed by atoms with Crippen molar-refractivity contribution in [1.82, 2.24) is 25.4 Å². The van der Waals surface area contributed by atoms with Gasteiger partial charge in [0, 0.05) is 44.5 Å². The first kappa shape index (κ1) is 27.2. The molecule has 38 heavy (non-hydrogen) atoms. The van der Waals surface area contributed by atoms with Crippen LogP contribution in [0.2, 0.25) is 0 Å². The van der Waals surface area contributed by atoms with Crippen LogP contribution in [0, 0.1) is 17.7 Å². The molecule has 4 rings (SSSR count). The van der Waals surface area contributed by atoms with Crippen molar-refractivity contribution in [3.05, 3.63) is 60.5 Å². The van der Waals surface area contributed by atoms with E-state index in [0.717, 1.165) is 50.8 Å². The van der Waals surface area contributed by atoms with E-state index in [-0.39, 0.29) is 12.1 Å². The van der Waals surface area contributed by atoms with E-state index in [1.165, 1.54) is 12.1 Å². The van der Waals surface area contributed by atoms with Gasteiger partial charge in [0.25, 0.3) is 5.91 Å². The smallest absolute Gasteiger partial charge is 0.254 e. The maximum atomic E-state index is 14.3. The molecule has 2 aromatic heterocycles. The van der Waals surface area contributed by atoms with Crippen molar-refractivity contribution < 1.29 is 18.4 Å². The summed E-state index contributed by atoms with van der Waals surface area (Å²) >= 11 is 0. The van der Waals surface area contributed by atoms with Gasteiger partial charge in [-0.05, 0) is 49.7 Å². The highest BCUT2D eigenvalue weighted by Crippen LogP contribution is 2.25. The maximum absolute atomic E-state index is 14.3. The Hall–Kier alpha value is -3.82. The predicted molar refractivity (Wildman–Crippen MR) is 142 cm³/mol. The lowest BCUT2D eigenvalue weighted by Crippen LogP contribution is -2.34. The summed E-state index contributed by atoms with van der Waals surface area (Å²) in [7, 11) is 0. The Labute approximate surface area is 222 Å². The summed E-state index contributed by atoms with van der Waals surface area (Å²) in [6.07, 6.45) is 9.81. The average molecular weight is 523 g/mol. The monoisotopic (exact) mass is 522 g/mol. The van der Waals surface area contributed by atoms with Crippen molar-refractivity contribution in [3.8, 4) is 17.1 Å². The molecule has 10 heteroatoms. The molecule has 1 aliphatic rings. The Kier molecular flexibility index (Phi) is 9.40. The quantitative estimate of drug-likeness (QED) is 0.266. The largest absolute Gasteiger partial charge is 0.493 e. The summed E-state index contributed by atoms with van der Waals surface area (Å²) in [5.41, 5.74) is 0.739. The van der Waals surface area contributed by atoms with Gasteiger partial charge < -0.3 is 19.5 Å². The zero-order valence-corrected chi connectivity index (χ0v) is 22.0.